The number of benzene rings is 1. The van der Waals surface area contributed by atoms with E-state index in [2.05, 4.69) is 20.3 Å². The minimum atomic E-state index is -4.60. The van der Waals surface area contributed by atoms with E-state index in [9.17, 15) is 27.6 Å². The topological polar surface area (TPSA) is 126 Å². The van der Waals surface area contributed by atoms with Gasteiger partial charge in [0.05, 0.1) is 35.6 Å². The molecule has 4 aromatic rings. The van der Waals surface area contributed by atoms with E-state index in [0.717, 1.165) is 36.6 Å². The molecule has 1 N–H and O–H groups in total. The number of amides is 2. The van der Waals surface area contributed by atoms with Crippen molar-refractivity contribution in [3.63, 3.8) is 0 Å². The molecule has 2 fully saturated rings. The molecule has 0 unspecified atom stereocenters. The number of pyridine rings is 2. The lowest BCUT2D eigenvalue weighted by molar-refractivity contribution is -0.137. The maximum atomic E-state index is 14.4. The number of nitrogens with zero attached hydrogens (tertiary/aromatic N) is 7. The number of hydrogen-bond donors (Lipinski definition) is 1. The van der Waals surface area contributed by atoms with Crippen molar-refractivity contribution in [2.75, 3.05) is 49.4 Å². The van der Waals surface area contributed by atoms with Gasteiger partial charge in [-0.15, -0.1) is 0 Å². The summed E-state index contributed by atoms with van der Waals surface area (Å²) < 4.78 is 46.6. The molecule has 0 radical (unpaired) electrons. The van der Waals surface area contributed by atoms with E-state index in [1.54, 1.807) is 35.8 Å². The Morgan fingerprint density at radius 3 is 2.46 bits per heavy atom. The molecular formula is C34H36ClF3N8O4. The summed E-state index contributed by atoms with van der Waals surface area (Å²) in [6.07, 6.45) is 0.352. The molecule has 0 spiro atoms. The molecule has 2 amide bonds. The van der Waals surface area contributed by atoms with E-state index < -0.39 is 17.6 Å². The van der Waals surface area contributed by atoms with Gasteiger partial charge in [-0.1, -0.05) is 18.5 Å². The maximum Gasteiger partial charge on any atom is 0.416 e. The van der Waals surface area contributed by atoms with Gasteiger partial charge < -0.3 is 29.3 Å². The number of hydrogen-bond acceptors (Lipinski definition) is 9. The van der Waals surface area contributed by atoms with Gasteiger partial charge in [-0.05, 0) is 56.0 Å². The number of aryl methyl sites for hydroxylation is 1. The molecule has 2 aliphatic rings. The van der Waals surface area contributed by atoms with Gasteiger partial charge in [0.15, 0.2) is 11.2 Å². The second-order valence-corrected chi connectivity index (χ2v) is 13.0. The second-order valence-electron chi connectivity index (χ2n) is 12.6. The third-order valence-electron chi connectivity index (χ3n) is 9.24. The largest absolute Gasteiger partial charge is 0.480 e. The first-order valence-electron chi connectivity index (χ1n) is 16.1. The van der Waals surface area contributed by atoms with Crippen LogP contribution in [0.3, 0.4) is 0 Å². The van der Waals surface area contributed by atoms with Crippen LogP contribution in [0, 0.1) is 6.92 Å². The van der Waals surface area contributed by atoms with E-state index in [1.807, 2.05) is 23.6 Å². The van der Waals surface area contributed by atoms with Crippen molar-refractivity contribution in [3.05, 3.63) is 74.3 Å². The number of methoxy groups -OCH3 is 1. The van der Waals surface area contributed by atoms with Crippen LogP contribution >= 0.6 is 11.6 Å². The van der Waals surface area contributed by atoms with Crippen LogP contribution in [0.2, 0.25) is 5.02 Å². The van der Waals surface area contributed by atoms with E-state index >= 15 is 0 Å². The van der Waals surface area contributed by atoms with Gasteiger partial charge in [0.1, 0.15) is 23.6 Å². The van der Waals surface area contributed by atoms with Crippen molar-refractivity contribution in [3.8, 4) is 5.88 Å². The average molecular weight is 713 g/mol. The third kappa shape index (κ3) is 6.30. The molecule has 12 nitrogen and oxygen atoms in total. The number of anilines is 3. The summed E-state index contributed by atoms with van der Waals surface area (Å²) in [4.78, 5) is 60.8. The Kier molecular flexibility index (Phi) is 9.37. The molecule has 0 bridgehead atoms. The van der Waals surface area contributed by atoms with Gasteiger partial charge in [-0.25, -0.2) is 15.0 Å². The number of aromatic nitrogens is 4. The molecule has 6 rings (SSSR count). The first kappa shape index (κ1) is 34.9. The second kappa shape index (κ2) is 13.4. The van der Waals surface area contributed by atoms with Crippen LogP contribution < -0.4 is 25.3 Å². The molecule has 2 atom stereocenters. The van der Waals surface area contributed by atoms with Crippen LogP contribution in [0.15, 0.2) is 41.5 Å². The van der Waals surface area contributed by atoms with E-state index in [-0.39, 0.29) is 57.7 Å². The lowest BCUT2D eigenvalue weighted by Gasteiger charge is -2.54. The van der Waals surface area contributed by atoms with Crippen molar-refractivity contribution in [2.45, 2.75) is 57.9 Å². The fourth-order valence-corrected chi connectivity index (χ4v) is 6.91. The molecule has 1 saturated carbocycles. The minimum Gasteiger partial charge on any atom is -0.480 e. The summed E-state index contributed by atoms with van der Waals surface area (Å²) in [6, 6.07) is 4.09. The third-order valence-corrected chi connectivity index (χ3v) is 9.55. The number of nitrogens with one attached hydrogen (secondary N) is 1. The van der Waals surface area contributed by atoms with Gasteiger partial charge in [-0.2, -0.15) is 13.2 Å². The Morgan fingerprint density at radius 2 is 1.84 bits per heavy atom. The minimum absolute atomic E-state index is 0.00723. The molecule has 50 heavy (non-hydrogen) atoms. The zero-order chi connectivity index (χ0) is 36.1. The zero-order valence-electron chi connectivity index (χ0n) is 28.1. The van der Waals surface area contributed by atoms with Gasteiger partial charge in [0.2, 0.25) is 17.2 Å². The number of fused-ring (bicyclic) bond motifs is 2. The predicted molar refractivity (Wildman–Crippen MR) is 183 cm³/mol. The quantitative estimate of drug-likeness (QED) is 0.271. The molecular weight excluding hydrogens is 677 g/mol. The van der Waals surface area contributed by atoms with Crippen molar-refractivity contribution >= 4 is 51.8 Å². The summed E-state index contributed by atoms with van der Waals surface area (Å²) >= 11 is 6.13. The van der Waals surface area contributed by atoms with E-state index in [4.69, 9.17) is 16.3 Å². The zero-order valence-corrected chi connectivity index (χ0v) is 28.9. The van der Waals surface area contributed by atoms with Gasteiger partial charge in [-0.3, -0.25) is 14.4 Å². The number of rotatable bonds is 8. The monoisotopic (exact) mass is 712 g/mol. The summed E-state index contributed by atoms with van der Waals surface area (Å²) in [5.41, 5.74) is 1.09. The van der Waals surface area contributed by atoms with Crippen molar-refractivity contribution in [2.24, 2.45) is 0 Å². The Balaban J connectivity index is 1.38. The molecule has 16 heteroatoms. The normalized spacial score (nSPS) is 17.3. The van der Waals surface area contributed by atoms with Crippen LogP contribution in [0.5, 0.6) is 5.88 Å². The Hall–Kier alpha value is -4.92. The van der Waals surface area contributed by atoms with Gasteiger partial charge >= 0.3 is 6.18 Å². The number of carbonyl (C=O) groups is 2. The number of alkyl halides is 3. The predicted octanol–water partition coefficient (Wildman–Crippen LogP) is 4.94. The number of piperazine rings is 1. The van der Waals surface area contributed by atoms with Crippen LogP contribution in [-0.4, -0.2) is 82.6 Å². The fraction of sp³-hybridized carbons (Fsp3) is 0.412. The molecule has 264 valence electrons. The average Bonchev–Trinajstić information content (AvgIpc) is 3.05. The first-order valence-corrected chi connectivity index (χ1v) is 16.5. The number of halogens is 4. The van der Waals surface area contributed by atoms with Crippen LogP contribution in [0.1, 0.15) is 46.9 Å². The highest BCUT2D eigenvalue weighted by Gasteiger charge is 2.47. The maximum absolute atomic E-state index is 14.4. The lowest BCUT2D eigenvalue weighted by Crippen LogP contribution is -2.67. The molecule has 4 heterocycles. The molecule has 1 aliphatic heterocycles. The van der Waals surface area contributed by atoms with Crippen molar-refractivity contribution in [1.82, 2.24) is 24.4 Å². The Bertz CT molecular complexity index is 2050. The van der Waals surface area contributed by atoms with E-state index in [1.165, 1.54) is 13.3 Å². The Morgan fingerprint density at radius 1 is 1.10 bits per heavy atom. The molecule has 1 saturated heterocycles. The van der Waals surface area contributed by atoms with Crippen molar-refractivity contribution in [1.29, 1.82) is 0 Å². The summed E-state index contributed by atoms with van der Waals surface area (Å²) in [7, 11) is 5.01. The van der Waals surface area contributed by atoms with Crippen LogP contribution in [0.25, 0.3) is 11.2 Å². The summed E-state index contributed by atoms with van der Waals surface area (Å²) in [5.74, 6) is -0.0989. The molecule has 1 aromatic carbocycles. The SMILES string of the molecule is CCc1c(N2CCN(C(=O)c3cc(C)cnc3OC)[C@H]3CC[C@@H]32)c(=O)c2nc(N(C)C)cnc2n1CC(=O)Nc1ccc(C(F)(F)F)cc1Cl. The van der Waals surface area contributed by atoms with Crippen LogP contribution in [0.4, 0.5) is 30.4 Å². The first-order chi connectivity index (χ1) is 23.7. The standard InChI is InChI=1S/C34H36ClF3N8O4/c1-6-23-29(44-11-12-45(25-10-9-24(25)44)33(49)20-13-18(2)15-40-32(20)50-5)30(48)28-31(39-16-26(42-28)43(3)4)46(23)17-27(47)41-22-8-7-19(14-21(22)35)34(36,37)38/h7-8,13-16,24-25H,6,9-12,17H2,1-5H3,(H,41,47)/t24-,25-/m0/s1. The number of ether oxygens (including phenoxy) is 1. The van der Waals surface area contributed by atoms with Gasteiger partial charge in [0, 0.05) is 45.1 Å². The van der Waals surface area contributed by atoms with Crippen molar-refractivity contribution < 1.29 is 27.5 Å². The van der Waals surface area contributed by atoms with Gasteiger partial charge in [0.25, 0.3) is 5.91 Å². The summed E-state index contributed by atoms with van der Waals surface area (Å²) in [6.45, 7) is 4.06. The highest BCUT2D eigenvalue weighted by molar-refractivity contribution is 6.33. The Labute approximate surface area is 290 Å². The highest BCUT2D eigenvalue weighted by Crippen LogP contribution is 2.39. The fourth-order valence-electron chi connectivity index (χ4n) is 6.68. The smallest absolute Gasteiger partial charge is 0.416 e. The lowest BCUT2D eigenvalue weighted by atomic mass is 9.81. The molecule has 3 aromatic heterocycles. The summed E-state index contributed by atoms with van der Waals surface area (Å²) in [5, 5.41) is 2.33. The van der Waals surface area contributed by atoms with E-state index in [0.29, 0.717) is 42.3 Å². The highest BCUT2D eigenvalue weighted by atomic mass is 35.5. The van der Waals surface area contributed by atoms with Crippen LogP contribution in [-0.2, 0) is 23.9 Å². The number of carbonyl (C=O) groups excluding carboxylic acids is 2. The molecule has 1 aliphatic carbocycles.